The third-order valence-electron chi connectivity index (χ3n) is 18.4. The second kappa shape index (κ2) is 36.0. The monoisotopic (exact) mass is 1400 g/mol. The van der Waals surface area contributed by atoms with Crippen molar-refractivity contribution < 1.29 is 71.2 Å². The molecule has 23 heteroatoms. The van der Waals surface area contributed by atoms with Crippen LogP contribution in [0.4, 0.5) is 14.0 Å². The number of Topliss-reactive ketones (excluding diaryl/α,β-unsaturated/α-hetero) is 4. The van der Waals surface area contributed by atoms with Gasteiger partial charge < -0.3 is 65.9 Å². The van der Waals surface area contributed by atoms with Crippen molar-refractivity contribution in [3.05, 3.63) is 203 Å². The van der Waals surface area contributed by atoms with Crippen molar-refractivity contribution in [2.75, 3.05) is 20.4 Å². The zero-order valence-corrected chi connectivity index (χ0v) is 59.5. The maximum atomic E-state index is 14.2. The lowest BCUT2D eigenvalue weighted by molar-refractivity contribution is -0.134. The van der Waals surface area contributed by atoms with Crippen LogP contribution in [0.25, 0.3) is 21.8 Å². The van der Waals surface area contributed by atoms with E-state index in [0.29, 0.717) is 7.18 Å². The van der Waals surface area contributed by atoms with Gasteiger partial charge in [0.25, 0.3) is 0 Å². The highest BCUT2D eigenvalue weighted by Crippen LogP contribution is 2.38. The molecule has 0 aliphatic carbocycles. The van der Waals surface area contributed by atoms with Gasteiger partial charge in [0.2, 0.25) is 20.1 Å². The number of para-hydroxylation sites is 2. The molecule has 8 atom stereocenters. The Balaban J connectivity index is 0.000000307. The molecule has 2 aliphatic rings. The number of ether oxygens (including phenoxy) is 4. The first-order valence-electron chi connectivity index (χ1n) is 33.2. The molecular formula is C78H98FN7O14Si. The molecule has 6 aromatic carbocycles. The Labute approximate surface area is 591 Å². The van der Waals surface area contributed by atoms with Crippen LogP contribution in [0.5, 0.6) is 11.5 Å². The molecule has 0 bridgehead atoms. The van der Waals surface area contributed by atoms with E-state index in [1.165, 1.54) is 12.1 Å². The molecule has 10 rings (SSSR count). The Morgan fingerprint density at radius 2 is 0.891 bits per heavy atom. The van der Waals surface area contributed by atoms with Crippen LogP contribution < -0.4 is 31.8 Å². The van der Waals surface area contributed by atoms with Crippen molar-refractivity contribution in [1.82, 2.24) is 37.4 Å². The summed E-state index contributed by atoms with van der Waals surface area (Å²) in [5.74, 6) is -2.90. The number of halogens is 1. The minimum Gasteiger partial charge on any atom is -0.544 e. The molecule has 10 N–H and O–H groups in total. The molecule has 0 spiro atoms. The van der Waals surface area contributed by atoms with Crippen molar-refractivity contribution in [1.29, 1.82) is 0 Å². The van der Waals surface area contributed by atoms with Crippen molar-refractivity contribution >= 4 is 77.3 Å². The lowest BCUT2D eigenvalue weighted by Gasteiger charge is -2.36. The number of epoxide rings is 2. The third-order valence-corrected chi connectivity index (χ3v) is 22.7. The number of fused-ring (bicyclic) bond motifs is 2. The molecule has 4 amide bonds. The Bertz CT molecular complexity index is 4080. The van der Waals surface area contributed by atoms with E-state index in [2.05, 4.69) is 65.1 Å². The number of carbonyl (C=O) groups excluding carboxylic acids is 8. The van der Waals surface area contributed by atoms with Gasteiger partial charge in [-0.2, -0.15) is 0 Å². The second-order valence-electron chi connectivity index (χ2n) is 27.2. The maximum absolute atomic E-state index is 14.2. The SMILES string of the molecule is C.CF.C[C@@H](NC(=O)OCc1ccccc1)C(=O)CC(Cc1c[nH]c2ccccc12)C(=O)N[C@@H](Cc1ccc(O)cc1)C(=O)[C@@]1(C)CO1.C[C@@H](NC(=O)OCc1ccccc1)C(=O)CC(Cc1c[nH]c2ccccc12)C(=O)N[C@@H](Cc1ccc(O[Si](C)(C)C(C)(C)C)cc1)C(=O)[C@@]1(C)CO1.N. The normalized spacial score (nSPS) is 16.9. The lowest BCUT2D eigenvalue weighted by Crippen LogP contribution is -2.50. The topological polar surface area (TPSA) is 324 Å². The average Bonchev–Trinajstić information content (AvgIpc) is 1.65. The first-order valence-corrected chi connectivity index (χ1v) is 36.1. The van der Waals surface area contributed by atoms with Crippen LogP contribution >= 0.6 is 0 Å². The predicted molar refractivity (Wildman–Crippen MR) is 390 cm³/mol. The number of benzene rings is 6. The molecule has 2 fully saturated rings. The van der Waals surface area contributed by atoms with Gasteiger partial charge >= 0.3 is 12.2 Å². The van der Waals surface area contributed by atoms with E-state index < -0.39 is 79.5 Å². The number of hydrogen-bond acceptors (Lipinski definition) is 15. The smallest absolute Gasteiger partial charge is 0.408 e. The molecule has 0 saturated carbocycles. The molecule has 2 unspecified atom stereocenters. The summed E-state index contributed by atoms with van der Waals surface area (Å²) >= 11 is 0. The number of phenolic OH excluding ortho intramolecular Hbond substituents is 1. The number of alkyl halides is 1. The van der Waals surface area contributed by atoms with Gasteiger partial charge in [-0.25, -0.2) is 9.59 Å². The molecule has 2 saturated heterocycles. The molecule has 4 heterocycles. The maximum Gasteiger partial charge on any atom is 0.408 e. The first kappa shape index (κ1) is 80.2. The largest absolute Gasteiger partial charge is 0.544 e. The van der Waals surface area contributed by atoms with E-state index in [-0.39, 0.29) is 112 Å². The summed E-state index contributed by atoms with van der Waals surface area (Å²) in [6.07, 6.45) is 2.72. The number of aromatic nitrogens is 2. The zero-order valence-electron chi connectivity index (χ0n) is 58.5. The summed E-state index contributed by atoms with van der Waals surface area (Å²) < 4.78 is 37.4. The third kappa shape index (κ3) is 22.6. The molecule has 2 aliphatic heterocycles. The van der Waals surface area contributed by atoms with Crippen LogP contribution in [0.2, 0.25) is 18.1 Å². The van der Waals surface area contributed by atoms with E-state index in [9.17, 15) is 47.9 Å². The highest BCUT2D eigenvalue weighted by molar-refractivity contribution is 6.74. The summed E-state index contributed by atoms with van der Waals surface area (Å²) in [7, 11) is -1.55. The molecule has 101 heavy (non-hydrogen) atoms. The van der Waals surface area contributed by atoms with Crippen LogP contribution in [0.1, 0.15) is 102 Å². The van der Waals surface area contributed by atoms with Gasteiger partial charge in [0.15, 0.2) is 23.1 Å². The fourth-order valence-corrected chi connectivity index (χ4v) is 12.0. The second-order valence-corrected chi connectivity index (χ2v) is 31.9. The molecular weight excluding hydrogens is 1310 g/mol. The van der Waals surface area contributed by atoms with Gasteiger partial charge in [0, 0.05) is 58.9 Å². The van der Waals surface area contributed by atoms with Gasteiger partial charge in [-0.05, 0) is 141 Å². The van der Waals surface area contributed by atoms with Gasteiger partial charge in [0.1, 0.15) is 35.9 Å². The Morgan fingerprint density at radius 3 is 1.26 bits per heavy atom. The molecule has 21 nitrogen and oxygen atoms in total. The van der Waals surface area contributed by atoms with Crippen molar-refractivity contribution in [3.63, 3.8) is 0 Å². The summed E-state index contributed by atoms with van der Waals surface area (Å²) in [5.41, 5.74) is 4.76. The molecule has 8 aromatic rings. The number of phenols is 1. The van der Waals surface area contributed by atoms with Gasteiger partial charge in [-0.1, -0.05) is 150 Å². The van der Waals surface area contributed by atoms with E-state index in [4.69, 9.17) is 23.4 Å². The van der Waals surface area contributed by atoms with Crippen LogP contribution in [0.3, 0.4) is 0 Å². The quantitative estimate of drug-likeness (QED) is 0.0153. The standard InChI is InChI=1S/C41H51N3O7Si.C35H37N3O7.CH3F.CH4.H3N/c1-27(43-39(48)49-25-29-13-9-8-10-14-29)36(45)23-30(22-31-24-42-34-16-12-11-15-33(31)34)38(47)44-35(37(46)41(5)26-50-41)21-28-17-19-32(20-18-28)51-52(6,7)40(2,3)4;1-22(37-34(43)44-20-24-8-4-3-5-9-24)31(40)18-25(17-26-19-36-29-11-7-6-10-28(26)29)33(42)38-30(32(41)35(2)21-45-35)16-23-12-14-27(39)15-13-23;1-2;;/h8-20,24,27,30,35,42H,21-23,25-26H2,1-7H3,(H,43,48)(H,44,47);3-15,19,22,25,30,36,39H,16-18,20-21H2,1-2H3,(H,37,43)(H,38,42);1H3;1H4;1H3/t27-,30?,35+,41-;22-,25?,30+,35-;;;/m11.../s1. The number of hydrogen-bond donors (Lipinski definition) is 8. The highest BCUT2D eigenvalue weighted by atomic mass is 28.4. The Kier molecular flexibility index (Phi) is 28.6. The summed E-state index contributed by atoms with van der Waals surface area (Å²) in [6, 6.07) is 44.3. The van der Waals surface area contributed by atoms with Crippen LogP contribution in [-0.4, -0.2) is 126 Å². The molecule has 540 valence electrons. The van der Waals surface area contributed by atoms with Crippen molar-refractivity contribution in [2.24, 2.45) is 11.8 Å². The zero-order chi connectivity index (χ0) is 71.7. The highest BCUT2D eigenvalue weighted by Gasteiger charge is 2.51. The number of ketones is 4. The van der Waals surface area contributed by atoms with Gasteiger partial charge in [0.05, 0.1) is 44.6 Å². The number of alkyl carbamates (subject to hydrolysis) is 2. The number of nitrogens with one attached hydrogen (secondary N) is 6. The number of amides is 4. The fourth-order valence-electron chi connectivity index (χ4n) is 11.0. The summed E-state index contributed by atoms with van der Waals surface area (Å²) in [6.45, 7) is 18.1. The van der Waals surface area contributed by atoms with Crippen LogP contribution in [-0.2, 0) is 86.6 Å². The van der Waals surface area contributed by atoms with E-state index in [1.54, 1.807) is 39.8 Å². The molecule has 0 radical (unpaired) electrons. The lowest BCUT2D eigenvalue weighted by atomic mass is 9.89. The van der Waals surface area contributed by atoms with E-state index in [0.717, 1.165) is 60.9 Å². The van der Waals surface area contributed by atoms with Crippen LogP contribution in [0, 0.1) is 11.8 Å². The number of aromatic amines is 2. The van der Waals surface area contributed by atoms with Gasteiger partial charge in [-0.3, -0.25) is 33.2 Å². The number of carbonyl (C=O) groups is 8. The van der Waals surface area contributed by atoms with E-state index in [1.807, 2.05) is 146 Å². The van der Waals surface area contributed by atoms with Crippen molar-refractivity contribution in [2.45, 2.75) is 161 Å². The average molecular weight is 1400 g/mol. The number of aromatic hydroxyl groups is 1. The van der Waals surface area contributed by atoms with Crippen molar-refractivity contribution in [3.8, 4) is 11.5 Å². The predicted octanol–water partition coefficient (Wildman–Crippen LogP) is 12.8. The fraction of sp³-hybridized carbons (Fsp3) is 0.385. The van der Waals surface area contributed by atoms with Gasteiger partial charge in [-0.15, -0.1) is 0 Å². The Hall–Kier alpha value is -9.81. The first-order chi connectivity index (χ1) is 47.2. The summed E-state index contributed by atoms with van der Waals surface area (Å²) in [4.78, 5) is 114. The Morgan fingerprint density at radius 1 is 0.535 bits per heavy atom. The molecule has 2 aromatic heterocycles. The summed E-state index contributed by atoms with van der Waals surface area (Å²) in [5, 5.41) is 22.7. The minimum atomic E-state index is -2.05. The van der Waals surface area contributed by atoms with E-state index >= 15 is 0 Å². The number of rotatable bonds is 30. The minimum absolute atomic E-state index is 0. The number of H-pyrrole nitrogens is 2. The van der Waals surface area contributed by atoms with Crippen LogP contribution in [0.15, 0.2) is 170 Å².